The van der Waals surface area contributed by atoms with Crippen molar-refractivity contribution in [3.8, 4) is 0 Å². The van der Waals surface area contributed by atoms with Gasteiger partial charge in [0.1, 0.15) is 6.33 Å². The molecule has 0 N–H and O–H groups in total. The Kier molecular flexibility index (Phi) is 3.13. The molecule has 0 atom stereocenters. The maximum absolute atomic E-state index is 4.09. The smallest absolute Gasteiger partial charge is 0.269 e. The number of azo groups is 1. The van der Waals surface area contributed by atoms with Gasteiger partial charge >= 0.3 is 0 Å². The summed E-state index contributed by atoms with van der Waals surface area (Å²) in [4.78, 5) is 2.03. The number of aromatic nitrogens is 3. The van der Waals surface area contributed by atoms with Gasteiger partial charge in [-0.05, 0) is 24.3 Å². The van der Waals surface area contributed by atoms with Crippen LogP contribution in [-0.2, 0) is 7.05 Å². The molecular formula is C11H14N6. The van der Waals surface area contributed by atoms with Crippen LogP contribution >= 0.6 is 0 Å². The monoisotopic (exact) mass is 230 g/mol. The van der Waals surface area contributed by atoms with Crippen LogP contribution in [0.15, 0.2) is 40.8 Å². The highest BCUT2D eigenvalue weighted by molar-refractivity contribution is 5.51. The van der Waals surface area contributed by atoms with Gasteiger partial charge in [0.15, 0.2) is 0 Å². The molecule has 0 aliphatic carbocycles. The number of rotatable bonds is 3. The minimum atomic E-state index is 0.488. The molecule has 1 aromatic heterocycles. The molecular weight excluding hydrogens is 216 g/mol. The first kappa shape index (κ1) is 11.3. The molecule has 0 unspecified atom stereocenters. The summed E-state index contributed by atoms with van der Waals surface area (Å²) in [7, 11) is 5.82. The number of benzene rings is 1. The molecule has 17 heavy (non-hydrogen) atoms. The predicted molar refractivity (Wildman–Crippen MR) is 65.9 cm³/mol. The van der Waals surface area contributed by atoms with Gasteiger partial charge in [0.05, 0.1) is 5.69 Å². The molecule has 0 saturated heterocycles. The highest BCUT2D eigenvalue weighted by Gasteiger charge is 1.98. The number of aryl methyl sites for hydroxylation is 1. The lowest BCUT2D eigenvalue weighted by Gasteiger charge is -2.11. The van der Waals surface area contributed by atoms with Gasteiger partial charge in [-0.25, -0.2) is 0 Å². The standard InChI is InChI=1S/C11H14N6/c1-16(2)10-6-4-9(5-7-10)13-15-11-14-12-8-17(11)3/h4-8H,1-3H3. The van der Waals surface area contributed by atoms with E-state index in [9.17, 15) is 0 Å². The van der Waals surface area contributed by atoms with Gasteiger partial charge in [-0.15, -0.1) is 20.4 Å². The second kappa shape index (κ2) is 4.73. The van der Waals surface area contributed by atoms with Gasteiger partial charge in [-0.3, -0.25) is 0 Å². The highest BCUT2D eigenvalue weighted by Crippen LogP contribution is 2.19. The lowest BCUT2D eigenvalue weighted by Crippen LogP contribution is -2.07. The van der Waals surface area contributed by atoms with Crippen molar-refractivity contribution in [2.45, 2.75) is 0 Å². The van der Waals surface area contributed by atoms with Gasteiger partial charge in [0, 0.05) is 26.8 Å². The molecule has 0 spiro atoms. The van der Waals surface area contributed by atoms with E-state index < -0.39 is 0 Å². The van der Waals surface area contributed by atoms with Crippen LogP contribution in [0.5, 0.6) is 0 Å². The molecule has 2 aromatic rings. The third-order valence-electron chi connectivity index (χ3n) is 2.31. The summed E-state index contributed by atoms with van der Waals surface area (Å²) in [5, 5.41) is 15.6. The van der Waals surface area contributed by atoms with E-state index in [1.165, 1.54) is 0 Å². The van der Waals surface area contributed by atoms with Crippen LogP contribution in [0.3, 0.4) is 0 Å². The lowest BCUT2D eigenvalue weighted by molar-refractivity contribution is 0.892. The van der Waals surface area contributed by atoms with Crippen molar-refractivity contribution in [3.63, 3.8) is 0 Å². The molecule has 1 heterocycles. The quantitative estimate of drug-likeness (QED) is 0.760. The number of hydrogen-bond donors (Lipinski definition) is 0. The molecule has 2 rings (SSSR count). The summed E-state index contributed by atoms with van der Waals surface area (Å²) < 4.78 is 1.71. The summed E-state index contributed by atoms with van der Waals surface area (Å²) in [6, 6.07) is 7.81. The van der Waals surface area contributed by atoms with Crippen molar-refractivity contribution in [3.05, 3.63) is 30.6 Å². The molecule has 0 fully saturated rings. The molecule has 6 nitrogen and oxygen atoms in total. The number of hydrogen-bond acceptors (Lipinski definition) is 5. The second-order valence-corrected chi connectivity index (χ2v) is 3.85. The Balaban J connectivity index is 2.14. The first-order valence-electron chi connectivity index (χ1n) is 5.20. The van der Waals surface area contributed by atoms with Crippen molar-refractivity contribution in [1.82, 2.24) is 14.8 Å². The van der Waals surface area contributed by atoms with Crippen LogP contribution in [0, 0.1) is 0 Å². The first-order chi connectivity index (χ1) is 8.16. The van der Waals surface area contributed by atoms with Gasteiger partial charge in [0.25, 0.3) is 5.95 Å². The molecule has 1 aromatic carbocycles. The van der Waals surface area contributed by atoms with E-state index in [4.69, 9.17) is 0 Å². The van der Waals surface area contributed by atoms with E-state index in [0.29, 0.717) is 5.95 Å². The van der Waals surface area contributed by atoms with Gasteiger partial charge in [-0.2, -0.15) is 0 Å². The molecule has 6 heteroatoms. The average Bonchev–Trinajstić information content (AvgIpc) is 2.73. The fourth-order valence-electron chi connectivity index (χ4n) is 1.29. The van der Waals surface area contributed by atoms with Crippen LogP contribution in [0.1, 0.15) is 0 Å². The van der Waals surface area contributed by atoms with Crippen molar-refractivity contribution >= 4 is 17.3 Å². The van der Waals surface area contributed by atoms with E-state index in [1.54, 1.807) is 10.9 Å². The van der Waals surface area contributed by atoms with Gasteiger partial charge < -0.3 is 9.47 Å². The SMILES string of the molecule is CN(C)c1ccc(N=Nc2nncn2C)cc1. The van der Waals surface area contributed by atoms with E-state index in [2.05, 4.69) is 20.4 Å². The Labute approximate surface area is 99.6 Å². The molecule has 88 valence electrons. The first-order valence-corrected chi connectivity index (χ1v) is 5.20. The second-order valence-electron chi connectivity index (χ2n) is 3.85. The number of anilines is 1. The van der Waals surface area contributed by atoms with E-state index in [-0.39, 0.29) is 0 Å². The van der Waals surface area contributed by atoms with Gasteiger partial charge in [0.2, 0.25) is 0 Å². The fourth-order valence-corrected chi connectivity index (χ4v) is 1.29. The summed E-state index contributed by atoms with van der Waals surface area (Å²) in [6.45, 7) is 0. The highest BCUT2D eigenvalue weighted by atomic mass is 15.3. The summed E-state index contributed by atoms with van der Waals surface area (Å²) in [5.74, 6) is 0.488. The third-order valence-corrected chi connectivity index (χ3v) is 2.31. The van der Waals surface area contributed by atoms with Crippen molar-refractivity contribution < 1.29 is 0 Å². The zero-order valence-corrected chi connectivity index (χ0v) is 10.1. The summed E-state index contributed by atoms with van der Waals surface area (Å²) >= 11 is 0. The van der Waals surface area contributed by atoms with E-state index in [0.717, 1.165) is 11.4 Å². The molecule has 0 aliphatic heterocycles. The van der Waals surface area contributed by atoms with Crippen LogP contribution in [0.4, 0.5) is 17.3 Å². The Morgan fingerprint density at radius 2 is 1.82 bits per heavy atom. The molecule has 0 amide bonds. The van der Waals surface area contributed by atoms with Crippen LogP contribution < -0.4 is 4.90 Å². The zero-order chi connectivity index (χ0) is 12.3. The Bertz CT molecular complexity index is 511. The topological polar surface area (TPSA) is 58.7 Å². The lowest BCUT2D eigenvalue weighted by atomic mass is 10.3. The average molecular weight is 230 g/mol. The minimum absolute atomic E-state index is 0.488. The van der Waals surface area contributed by atoms with Crippen molar-refractivity contribution in [1.29, 1.82) is 0 Å². The zero-order valence-electron chi connectivity index (χ0n) is 10.1. The Hall–Kier alpha value is -2.24. The molecule has 0 bridgehead atoms. The number of nitrogens with zero attached hydrogens (tertiary/aromatic N) is 6. The molecule has 0 radical (unpaired) electrons. The predicted octanol–water partition coefficient (Wildman–Crippen LogP) is 2.30. The van der Waals surface area contributed by atoms with Crippen LogP contribution in [0.2, 0.25) is 0 Å². The molecule has 0 aliphatic rings. The van der Waals surface area contributed by atoms with E-state index in [1.807, 2.05) is 50.3 Å². The van der Waals surface area contributed by atoms with Crippen molar-refractivity contribution in [2.24, 2.45) is 17.3 Å². The third kappa shape index (κ3) is 2.66. The minimum Gasteiger partial charge on any atom is -0.378 e. The van der Waals surface area contributed by atoms with Crippen molar-refractivity contribution in [2.75, 3.05) is 19.0 Å². The maximum Gasteiger partial charge on any atom is 0.269 e. The van der Waals surface area contributed by atoms with Gasteiger partial charge in [-0.1, -0.05) is 0 Å². The summed E-state index contributed by atoms with van der Waals surface area (Å²) in [5.41, 5.74) is 1.92. The fraction of sp³-hybridized carbons (Fsp3) is 0.273. The Morgan fingerprint density at radius 1 is 1.12 bits per heavy atom. The van der Waals surface area contributed by atoms with E-state index >= 15 is 0 Å². The van der Waals surface area contributed by atoms with Crippen LogP contribution in [0.25, 0.3) is 0 Å². The summed E-state index contributed by atoms with van der Waals surface area (Å²) in [6.07, 6.45) is 1.59. The Morgan fingerprint density at radius 3 is 2.35 bits per heavy atom. The largest absolute Gasteiger partial charge is 0.378 e. The normalized spacial score (nSPS) is 11.0. The molecule has 0 saturated carbocycles. The maximum atomic E-state index is 4.09. The van der Waals surface area contributed by atoms with Crippen LogP contribution in [-0.4, -0.2) is 28.9 Å².